The average Bonchev–Trinajstić information content (AvgIpc) is 1.76. The van der Waals surface area contributed by atoms with Crippen LogP contribution in [0.5, 0.6) is 0 Å². The summed E-state index contributed by atoms with van der Waals surface area (Å²) in [4.78, 5) is 56.2. The van der Waals surface area contributed by atoms with Gasteiger partial charge in [0.2, 0.25) is 6.41 Å². The first kappa shape index (κ1) is 73.3. The second-order valence-corrected chi connectivity index (χ2v) is 20.4. The van der Waals surface area contributed by atoms with Gasteiger partial charge in [0.15, 0.2) is 11.6 Å². The van der Waals surface area contributed by atoms with Crippen molar-refractivity contribution in [1.82, 2.24) is 64.1 Å². The molecule has 0 aliphatic carbocycles. The van der Waals surface area contributed by atoms with Crippen molar-refractivity contribution in [2.75, 3.05) is 53.5 Å². The number of carbonyl (C=O) groups is 3. The van der Waals surface area contributed by atoms with Crippen LogP contribution in [0.15, 0.2) is 214 Å². The number of anilines is 2. The summed E-state index contributed by atoms with van der Waals surface area (Å²) in [6.45, 7) is 1.49. The zero-order valence-electron chi connectivity index (χ0n) is 50.6. The van der Waals surface area contributed by atoms with E-state index in [4.69, 9.17) is 55.7 Å². The fourth-order valence-electron chi connectivity index (χ4n) is 7.89. The van der Waals surface area contributed by atoms with Crippen LogP contribution in [0.3, 0.4) is 0 Å². The number of aromatic nitrogens is 11. The highest BCUT2D eigenvalue weighted by atomic mass is 35.5. The van der Waals surface area contributed by atoms with Gasteiger partial charge in [-0.2, -0.15) is 15.3 Å². The highest BCUT2D eigenvalue weighted by Gasteiger charge is 2.13. The summed E-state index contributed by atoms with van der Waals surface area (Å²) < 4.78 is 53.8. The number of pyridine rings is 5. The normalized spacial score (nSPS) is 10.4. The number of primary amides is 1. The van der Waals surface area contributed by atoms with Crippen LogP contribution < -0.4 is 16.8 Å². The molecule has 0 saturated carbocycles. The summed E-state index contributed by atoms with van der Waals surface area (Å²) in [6, 6.07) is 40.3. The Bertz CT molecular complexity index is 4040. The number of benzene rings is 3. The largest absolute Gasteiger partial charge is 0.384 e. The minimum Gasteiger partial charge on any atom is -0.384 e. The molecule has 0 aliphatic heterocycles. The second-order valence-electron chi connectivity index (χ2n) is 19.2. The van der Waals surface area contributed by atoms with Crippen molar-refractivity contribution in [2.45, 2.75) is 20.8 Å². The number of urea groups is 1. The molecule has 0 aliphatic rings. The molecule has 482 valence electrons. The van der Waals surface area contributed by atoms with E-state index in [1.807, 2.05) is 63.4 Å². The van der Waals surface area contributed by atoms with Gasteiger partial charge in [-0.15, -0.1) is 0 Å². The van der Waals surface area contributed by atoms with Crippen molar-refractivity contribution in [3.8, 4) is 50.8 Å². The SMILES string of the molecule is C.CC(=O)c1ccnc(Cl)c1.CN(C)/C=C/C(=O)c1ccnc(Cl)c1.COC(OC)N(C)C.Fc1ccc(-n2nccc2-c2ccnc(Cl)c2)cc1.NC(=O)Nc1cc(-c2ccnn2-c2ccc(F)cc2)ccn1.Nc1cc(-c2ccnn2-c2ccc(F)cc2)ccn1. The van der Waals surface area contributed by atoms with E-state index in [2.05, 4.69) is 45.5 Å². The van der Waals surface area contributed by atoms with Crippen molar-refractivity contribution in [2.24, 2.45) is 5.73 Å². The van der Waals surface area contributed by atoms with Crippen LogP contribution in [0.1, 0.15) is 35.1 Å². The maximum atomic E-state index is 13.0. The highest BCUT2D eigenvalue weighted by Crippen LogP contribution is 2.27. The number of amides is 2. The predicted octanol–water partition coefficient (Wildman–Crippen LogP) is 13.6. The van der Waals surface area contributed by atoms with Gasteiger partial charge in [0.1, 0.15) is 44.5 Å². The number of carbonyl (C=O) groups excluding carboxylic acids is 3. The number of rotatable bonds is 14. The Morgan fingerprint density at radius 2 is 0.892 bits per heavy atom. The Kier molecular flexibility index (Phi) is 29.2. The summed E-state index contributed by atoms with van der Waals surface area (Å²) in [5.41, 5.74) is 19.3. The van der Waals surface area contributed by atoms with E-state index in [1.54, 1.807) is 161 Å². The van der Waals surface area contributed by atoms with Gasteiger partial charge in [-0.25, -0.2) is 56.9 Å². The molecule has 8 heterocycles. The first-order chi connectivity index (χ1) is 44.1. The van der Waals surface area contributed by atoms with Crippen LogP contribution in [0, 0.1) is 17.5 Å². The molecule has 0 fully saturated rings. The molecule has 0 bridgehead atoms. The molecule has 93 heavy (non-hydrogen) atoms. The molecule has 0 unspecified atom stereocenters. The third-order valence-electron chi connectivity index (χ3n) is 12.0. The lowest BCUT2D eigenvalue weighted by molar-refractivity contribution is -0.179. The number of ether oxygens (including phenoxy) is 2. The zero-order chi connectivity index (χ0) is 66.7. The van der Waals surface area contributed by atoms with E-state index in [-0.39, 0.29) is 42.9 Å². The van der Waals surface area contributed by atoms with Crippen LogP contribution in [0.25, 0.3) is 50.8 Å². The number of nitrogen functional groups attached to an aromatic ring is 1. The lowest BCUT2D eigenvalue weighted by Crippen LogP contribution is -2.30. The van der Waals surface area contributed by atoms with E-state index in [0.717, 1.165) is 50.8 Å². The van der Waals surface area contributed by atoms with Gasteiger partial charge < -0.3 is 25.8 Å². The molecule has 0 radical (unpaired) electrons. The Morgan fingerprint density at radius 3 is 1.25 bits per heavy atom. The monoisotopic (exact) mass is 1320 g/mol. The molecule has 5 N–H and O–H groups in total. The fourth-order valence-corrected chi connectivity index (χ4v) is 8.41. The van der Waals surface area contributed by atoms with Crippen LogP contribution in [0.4, 0.5) is 29.6 Å². The molecule has 0 spiro atoms. The number of halogens is 6. The zero-order valence-corrected chi connectivity index (χ0v) is 52.8. The Morgan fingerprint density at radius 1 is 0.516 bits per heavy atom. The molecular formula is C66H66Cl3F3N16O5. The summed E-state index contributed by atoms with van der Waals surface area (Å²) in [5.74, 6) is -0.141. The van der Waals surface area contributed by atoms with Gasteiger partial charge in [-0.05, 0) is 173 Å². The molecule has 8 aromatic heterocycles. The topological polar surface area (TPSA) is 258 Å². The molecule has 2 amide bonds. The molecular weight excluding hydrogens is 1260 g/mol. The molecule has 11 aromatic rings. The smallest absolute Gasteiger partial charge is 0.317 e. The molecule has 0 saturated heterocycles. The van der Waals surface area contributed by atoms with Crippen molar-refractivity contribution >= 4 is 64.0 Å². The number of hydrogen-bond acceptors (Lipinski definition) is 16. The van der Waals surface area contributed by atoms with Crippen LogP contribution in [-0.4, -0.2) is 130 Å². The first-order valence-electron chi connectivity index (χ1n) is 27.2. The summed E-state index contributed by atoms with van der Waals surface area (Å²) >= 11 is 17.1. The third-order valence-corrected chi connectivity index (χ3v) is 12.7. The van der Waals surface area contributed by atoms with Crippen LogP contribution in [-0.2, 0) is 9.47 Å². The van der Waals surface area contributed by atoms with E-state index < -0.39 is 6.03 Å². The second kappa shape index (κ2) is 37.0. The highest BCUT2D eigenvalue weighted by molar-refractivity contribution is 6.30. The number of ketones is 2. The van der Waals surface area contributed by atoms with Crippen molar-refractivity contribution in [1.29, 1.82) is 0 Å². The first-order valence-corrected chi connectivity index (χ1v) is 28.4. The van der Waals surface area contributed by atoms with E-state index >= 15 is 0 Å². The van der Waals surface area contributed by atoms with Gasteiger partial charge in [0.25, 0.3) is 0 Å². The number of nitrogens with two attached hydrogens (primary N) is 2. The van der Waals surface area contributed by atoms with Crippen molar-refractivity contribution < 1.29 is 37.0 Å². The number of allylic oxidation sites excluding steroid dienone is 1. The van der Waals surface area contributed by atoms with Crippen LogP contribution in [0.2, 0.25) is 15.5 Å². The van der Waals surface area contributed by atoms with Gasteiger partial charge >= 0.3 is 6.03 Å². The number of methoxy groups -OCH3 is 2. The molecule has 11 rings (SSSR count). The quantitative estimate of drug-likeness (QED) is 0.0396. The Hall–Kier alpha value is -10.5. The van der Waals surface area contributed by atoms with Gasteiger partial charge in [-0.1, -0.05) is 42.2 Å². The fraction of sp³-hybridized carbons (Fsp3) is 0.136. The maximum Gasteiger partial charge on any atom is 0.317 e. The molecule has 3 aromatic carbocycles. The summed E-state index contributed by atoms with van der Waals surface area (Å²) in [5, 5.41) is 16.3. The van der Waals surface area contributed by atoms with Gasteiger partial charge in [-0.3, -0.25) is 19.8 Å². The van der Waals surface area contributed by atoms with E-state index in [1.165, 1.54) is 61.8 Å². The number of nitrogens with one attached hydrogen (secondary N) is 1. The summed E-state index contributed by atoms with van der Waals surface area (Å²) in [6.07, 6.45) is 15.9. The average molecular weight is 1330 g/mol. The minimum absolute atomic E-state index is 0. The third kappa shape index (κ3) is 23.4. The minimum atomic E-state index is -0.684. The van der Waals surface area contributed by atoms with E-state index in [0.29, 0.717) is 38.2 Å². The van der Waals surface area contributed by atoms with E-state index in [9.17, 15) is 27.6 Å². The van der Waals surface area contributed by atoms with Crippen molar-refractivity contribution in [3.05, 3.63) is 258 Å². The summed E-state index contributed by atoms with van der Waals surface area (Å²) in [7, 11) is 10.7. The standard InChI is InChI=1S/C15H12FN5O.C14H9ClFN3.C14H11FN4.C10H11ClN2O.C7H6ClNO.C5H13NO2.CH4/c16-11-1-3-12(4-2-11)21-13(6-8-19-21)10-5-7-18-14(9-10)20-15(17)22;15-14-9-10(5-7-17-14)13-6-8-18-19(13)12-3-1-11(16)2-4-12;15-11-1-3-12(4-2-11)19-13(6-8-18-19)10-5-7-17-14(16)9-10;1-13(2)6-4-9(14)8-3-5-12-10(11)7-8;1-5(10)6-2-3-9-7(8)4-6;1-6(2)5(7-3)8-4;/h1-9H,(H3,17,18,20,22);1-9H;1-9H,(H2,16,17);3-7H,1-2H3;2-4H,1H3;5H,1-4H3;1H4/b;;;6-4+;;;. The predicted molar refractivity (Wildman–Crippen MR) is 357 cm³/mol. The number of nitrogens with zero attached hydrogens (tertiary/aromatic N) is 13. The van der Waals surface area contributed by atoms with Crippen LogP contribution >= 0.6 is 34.8 Å². The Balaban J connectivity index is 0.000000208. The molecule has 21 nitrogen and oxygen atoms in total. The Labute approximate surface area is 550 Å². The lowest BCUT2D eigenvalue weighted by Gasteiger charge is -2.19. The lowest BCUT2D eigenvalue weighted by atomic mass is 10.2. The van der Waals surface area contributed by atoms with Crippen molar-refractivity contribution in [3.63, 3.8) is 0 Å². The number of hydrogen-bond donors (Lipinski definition) is 3. The molecule has 0 atom stereocenters. The van der Waals surface area contributed by atoms with Gasteiger partial charge in [0.05, 0.1) is 52.7 Å². The van der Waals surface area contributed by atoms with Gasteiger partial charge in [0, 0.05) is 99.4 Å². The molecule has 27 heteroatoms. The maximum absolute atomic E-state index is 13.0. The number of Topliss-reactive ketones (excluding diaryl/α,β-unsaturated/α-hetero) is 1.